The molecular formula is C31H29ClN4O3S. The van der Waals surface area contributed by atoms with E-state index in [4.69, 9.17) is 26.1 Å². The molecule has 0 spiro atoms. The van der Waals surface area contributed by atoms with E-state index in [-0.39, 0.29) is 12.5 Å². The number of carbonyl (C=O) groups is 1. The molecule has 7 nitrogen and oxygen atoms in total. The number of nitrogens with one attached hydrogen (secondary N) is 1. The lowest BCUT2D eigenvalue weighted by molar-refractivity contribution is -0.117. The lowest BCUT2D eigenvalue weighted by atomic mass is 10.2. The predicted octanol–water partition coefficient (Wildman–Crippen LogP) is 7.54. The number of hydrogen-bond donors (Lipinski definition) is 1. The van der Waals surface area contributed by atoms with Crippen molar-refractivity contribution in [3.63, 3.8) is 0 Å². The van der Waals surface area contributed by atoms with Crippen LogP contribution in [0.25, 0.3) is 15.3 Å². The second kappa shape index (κ2) is 12.1. The molecule has 0 saturated heterocycles. The Hall–Kier alpha value is -3.85. The van der Waals surface area contributed by atoms with Crippen molar-refractivity contribution in [3.8, 4) is 22.4 Å². The molecule has 3 heterocycles. The van der Waals surface area contributed by atoms with Gasteiger partial charge in [0.1, 0.15) is 0 Å². The number of amides is 1. The van der Waals surface area contributed by atoms with Gasteiger partial charge < -0.3 is 14.8 Å². The summed E-state index contributed by atoms with van der Waals surface area (Å²) in [5.74, 6) is 1.62. The highest BCUT2D eigenvalue weighted by molar-refractivity contribution is 7.20. The Bertz CT molecular complexity index is 1600. The summed E-state index contributed by atoms with van der Waals surface area (Å²) >= 11 is 7.96. The predicted molar refractivity (Wildman–Crippen MR) is 160 cm³/mol. The van der Waals surface area contributed by atoms with Crippen LogP contribution in [0.15, 0.2) is 85.1 Å². The molecule has 0 saturated carbocycles. The number of halogens is 1. The van der Waals surface area contributed by atoms with Gasteiger partial charge in [0.25, 0.3) is 0 Å². The first-order chi connectivity index (χ1) is 19.6. The van der Waals surface area contributed by atoms with E-state index in [9.17, 15) is 4.79 Å². The van der Waals surface area contributed by atoms with Crippen LogP contribution in [0.5, 0.6) is 17.2 Å². The number of thiazole rings is 1. The molecular weight excluding hydrogens is 544 g/mol. The molecule has 1 amide bonds. The summed E-state index contributed by atoms with van der Waals surface area (Å²) in [4.78, 5) is 20.4. The van der Waals surface area contributed by atoms with Gasteiger partial charge >= 0.3 is 0 Å². The van der Waals surface area contributed by atoms with Crippen molar-refractivity contribution < 1.29 is 14.3 Å². The topological polar surface area (TPSA) is 68.6 Å². The largest absolute Gasteiger partial charge is 0.490 e. The van der Waals surface area contributed by atoms with Gasteiger partial charge in [-0.1, -0.05) is 47.2 Å². The first-order valence-electron chi connectivity index (χ1n) is 13.4. The minimum absolute atomic E-state index is 0.135. The maximum atomic E-state index is 13.4. The Kier molecular flexibility index (Phi) is 7.99. The Morgan fingerprint density at radius 2 is 1.77 bits per heavy atom. The van der Waals surface area contributed by atoms with Crippen LogP contribution in [0.3, 0.4) is 0 Å². The van der Waals surface area contributed by atoms with E-state index >= 15 is 0 Å². The van der Waals surface area contributed by atoms with Crippen LogP contribution >= 0.6 is 22.9 Å². The molecule has 0 aliphatic carbocycles. The lowest BCUT2D eigenvalue weighted by Crippen LogP contribution is -2.34. The van der Waals surface area contributed by atoms with Crippen LogP contribution in [0.1, 0.15) is 25.0 Å². The monoisotopic (exact) mass is 572 g/mol. The lowest BCUT2D eigenvalue weighted by Gasteiger charge is -2.23. The first-order valence-corrected chi connectivity index (χ1v) is 14.6. The summed E-state index contributed by atoms with van der Waals surface area (Å²) in [6.45, 7) is 2.20. The average Bonchev–Trinajstić information content (AvgIpc) is 3.59. The Labute approximate surface area is 241 Å². The Balaban J connectivity index is 1.25. The maximum Gasteiger partial charge on any atom is 0.238 e. The third kappa shape index (κ3) is 6.14. The van der Waals surface area contributed by atoms with Crippen LogP contribution in [0, 0.1) is 0 Å². The highest BCUT2D eigenvalue weighted by Crippen LogP contribution is 2.37. The first kappa shape index (κ1) is 26.4. The number of ether oxygens (including phenoxy) is 2. The van der Waals surface area contributed by atoms with E-state index in [0.29, 0.717) is 41.1 Å². The van der Waals surface area contributed by atoms with Crippen molar-refractivity contribution in [1.29, 1.82) is 0 Å². The van der Waals surface area contributed by atoms with Gasteiger partial charge in [-0.05, 0) is 80.4 Å². The summed E-state index contributed by atoms with van der Waals surface area (Å²) in [6, 6.07) is 25.0. The smallest absolute Gasteiger partial charge is 0.238 e. The Morgan fingerprint density at radius 1 is 0.925 bits per heavy atom. The fourth-order valence-corrected chi connectivity index (χ4v) is 5.94. The quantitative estimate of drug-likeness (QED) is 0.242. The van der Waals surface area contributed by atoms with Gasteiger partial charge in [-0.25, -0.2) is 4.98 Å². The van der Waals surface area contributed by atoms with E-state index in [0.717, 1.165) is 46.8 Å². The number of fused-ring (bicyclic) bond motifs is 3. The summed E-state index contributed by atoms with van der Waals surface area (Å²) in [7, 11) is 0. The van der Waals surface area contributed by atoms with Gasteiger partial charge in [-0.3, -0.25) is 14.3 Å². The van der Waals surface area contributed by atoms with Crippen LogP contribution in [0.2, 0.25) is 5.02 Å². The zero-order chi connectivity index (χ0) is 27.3. The molecule has 0 atom stereocenters. The second-order valence-electron chi connectivity index (χ2n) is 9.69. The van der Waals surface area contributed by atoms with Gasteiger partial charge in [0.05, 0.1) is 29.1 Å². The number of hydrogen-bond acceptors (Lipinski definition) is 6. The highest BCUT2D eigenvalue weighted by Gasteiger charge is 2.18. The van der Waals surface area contributed by atoms with Crippen LogP contribution in [-0.4, -0.2) is 40.1 Å². The fraction of sp³-hybridized carbons (Fsp3) is 0.226. The molecule has 3 aromatic carbocycles. The molecule has 5 aromatic rings. The second-order valence-corrected chi connectivity index (χ2v) is 11.1. The number of nitrogens with zero attached hydrogens (tertiary/aromatic N) is 3. The molecule has 6 rings (SSSR count). The van der Waals surface area contributed by atoms with Crippen LogP contribution in [0.4, 0.5) is 5.69 Å². The van der Waals surface area contributed by atoms with Crippen LogP contribution < -0.4 is 14.8 Å². The van der Waals surface area contributed by atoms with Gasteiger partial charge in [-0.2, -0.15) is 0 Å². The van der Waals surface area contributed by atoms with E-state index in [1.54, 1.807) is 29.5 Å². The van der Waals surface area contributed by atoms with Gasteiger partial charge in [-0.15, -0.1) is 0 Å². The standard InChI is InChI=1S/C31H29ClN4O3S/c32-22-14-15-26-25(19-22)33-30(37)21-35(16-6-1-7-18-38-27-11-3-4-12-28(27)39-26)20-23-9-8-17-36(23)31-34-24-10-2-5-13-29(24)40-31/h2-5,8-15,17,19H,1,6-7,16,18,20-21H2,(H,33,37). The fourth-order valence-electron chi connectivity index (χ4n) is 4.79. The average molecular weight is 573 g/mol. The molecule has 1 aliphatic heterocycles. The third-order valence-electron chi connectivity index (χ3n) is 6.74. The van der Waals surface area contributed by atoms with E-state index in [2.05, 4.69) is 26.9 Å². The molecule has 204 valence electrons. The zero-order valence-electron chi connectivity index (χ0n) is 21.9. The van der Waals surface area contributed by atoms with Gasteiger partial charge in [0.15, 0.2) is 22.4 Å². The van der Waals surface area contributed by atoms with Crippen molar-refractivity contribution >= 4 is 44.7 Å². The van der Waals surface area contributed by atoms with Crippen molar-refractivity contribution in [2.75, 3.05) is 25.0 Å². The molecule has 9 heteroatoms. The summed E-state index contributed by atoms with van der Waals surface area (Å²) < 4.78 is 15.5. The number of benzene rings is 3. The molecule has 1 N–H and O–H groups in total. The van der Waals surface area contributed by atoms with E-state index < -0.39 is 0 Å². The number of aromatic nitrogens is 2. The van der Waals surface area contributed by atoms with Crippen molar-refractivity contribution in [3.05, 3.63) is 95.8 Å². The summed E-state index contributed by atoms with van der Waals surface area (Å²) in [5, 5.41) is 4.46. The zero-order valence-corrected chi connectivity index (χ0v) is 23.5. The molecule has 1 aliphatic rings. The van der Waals surface area contributed by atoms with Crippen LogP contribution in [-0.2, 0) is 11.3 Å². The number of rotatable bonds is 3. The molecule has 40 heavy (non-hydrogen) atoms. The third-order valence-corrected chi connectivity index (χ3v) is 8.01. The number of para-hydroxylation sites is 3. The molecule has 2 aromatic heterocycles. The maximum absolute atomic E-state index is 13.4. The summed E-state index contributed by atoms with van der Waals surface area (Å²) in [6.07, 6.45) is 4.86. The minimum Gasteiger partial charge on any atom is -0.490 e. The van der Waals surface area contributed by atoms with Crippen molar-refractivity contribution in [2.45, 2.75) is 25.8 Å². The Morgan fingerprint density at radius 3 is 2.67 bits per heavy atom. The SMILES string of the molecule is O=C1CN(Cc2cccn2-c2nc3ccccc3s2)CCCCCOc2ccccc2Oc2ccc(Cl)cc2N1. The van der Waals surface area contributed by atoms with E-state index in [1.807, 2.05) is 54.7 Å². The summed E-state index contributed by atoms with van der Waals surface area (Å²) in [5.41, 5.74) is 2.58. The highest BCUT2D eigenvalue weighted by atomic mass is 35.5. The molecule has 0 unspecified atom stereocenters. The number of anilines is 1. The normalized spacial score (nSPS) is 15.2. The van der Waals surface area contributed by atoms with Gasteiger partial charge in [0.2, 0.25) is 5.91 Å². The minimum atomic E-state index is -0.135. The molecule has 0 radical (unpaired) electrons. The molecule has 0 fully saturated rings. The van der Waals surface area contributed by atoms with Crippen molar-refractivity contribution in [2.24, 2.45) is 0 Å². The van der Waals surface area contributed by atoms with E-state index in [1.165, 1.54) is 0 Å². The van der Waals surface area contributed by atoms with Crippen molar-refractivity contribution in [1.82, 2.24) is 14.5 Å². The number of carbonyl (C=O) groups excluding carboxylic acids is 1. The van der Waals surface area contributed by atoms with Gasteiger partial charge in [0, 0.05) is 23.5 Å². The molecule has 0 bridgehead atoms.